The highest BCUT2D eigenvalue weighted by atomic mass is 32.2. The Kier molecular flexibility index (Phi) is 10.9. The number of anilines is 1. The summed E-state index contributed by atoms with van der Waals surface area (Å²) in [6.45, 7) is 6.88. The predicted octanol–water partition coefficient (Wildman–Crippen LogP) is 4.42. The lowest BCUT2D eigenvalue weighted by atomic mass is 10.2. The summed E-state index contributed by atoms with van der Waals surface area (Å²) >= 11 is 1.74. The molecule has 0 aliphatic rings. The Labute approximate surface area is 128 Å². The van der Waals surface area contributed by atoms with Crippen molar-refractivity contribution in [3.8, 4) is 0 Å². The second kappa shape index (κ2) is 11.6. The van der Waals surface area contributed by atoms with E-state index in [2.05, 4.69) is 48.7 Å². The number of hydrogen-bond donors (Lipinski definition) is 1. The Morgan fingerprint density at radius 3 is 2.30 bits per heavy atom. The molecule has 0 atom stereocenters. The van der Waals surface area contributed by atoms with Crippen LogP contribution in [-0.4, -0.2) is 31.6 Å². The van der Waals surface area contributed by atoms with Crippen LogP contribution in [-0.2, 0) is 0 Å². The van der Waals surface area contributed by atoms with Gasteiger partial charge in [-0.2, -0.15) is 0 Å². The number of hydrogen-bond acceptors (Lipinski definition) is 3. The van der Waals surface area contributed by atoms with Crippen LogP contribution in [0.3, 0.4) is 0 Å². The van der Waals surface area contributed by atoms with E-state index in [1.807, 2.05) is 32.7 Å². The summed E-state index contributed by atoms with van der Waals surface area (Å²) in [6.07, 6.45) is 8.41. The fourth-order valence-corrected chi connectivity index (χ4v) is 2.02. The summed E-state index contributed by atoms with van der Waals surface area (Å²) in [6, 6.07) is 8.33. The van der Waals surface area contributed by atoms with Gasteiger partial charge in [-0.15, -0.1) is 11.8 Å². The van der Waals surface area contributed by atoms with Crippen LogP contribution in [0.15, 0.2) is 41.3 Å². The van der Waals surface area contributed by atoms with E-state index in [1.165, 1.54) is 10.5 Å². The van der Waals surface area contributed by atoms with E-state index >= 15 is 0 Å². The van der Waals surface area contributed by atoms with Crippen molar-refractivity contribution in [1.29, 1.82) is 0 Å². The van der Waals surface area contributed by atoms with Crippen molar-refractivity contribution in [2.75, 3.05) is 31.4 Å². The Hall–Kier alpha value is -1.19. The van der Waals surface area contributed by atoms with E-state index in [1.54, 1.807) is 11.8 Å². The number of allylic oxidation sites excluding steroid dienone is 2. The number of thioether (sulfide) groups is 1. The van der Waals surface area contributed by atoms with Gasteiger partial charge >= 0.3 is 0 Å². The first-order chi connectivity index (χ1) is 9.71. The van der Waals surface area contributed by atoms with Gasteiger partial charge in [-0.25, -0.2) is 0 Å². The lowest BCUT2D eigenvalue weighted by Crippen LogP contribution is -2.20. The van der Waals surface area contributed by atoms with Gasteiger partial charge in [0, 0.05) is 24.2 Å². The van der Waals surface area contributed by atoms with Gasteiger partial charge in [0.1, 0.15) is 0 Å². The number of nitrogens with zero attached hydrogens (tertiary/aromatic N) is 1. The summed E-state index contributed by atoms with van der Waals surface area (Å²) in [5.74, 6) is 0. The molecular formula is C17H27NOS. The summed E-state index contributed by atoms with van der Waals surface area (Å²) in [7, 11) is 1.98. The molecule has 0 saturated heterocycles. The summed E-state index contributed by atoms with van der Waals surface area (Å²) in [4.78, 5) is 3.30. The number of rotatable bonds is 6. The molecule has 112 valence electrons. The minimum atomic E-state index is 0.177. The van der Waals surface area contributed by atoms with Gasteiger partial charge < -0.3 is 10.0 Å². The molecule has 0 aromatic heterocycles. The summed E-state index contributed by atoms with van der Waals surface area (Å²) in [5, 5.41) is 8.89. The predicted molar refractivity (Wildman–Crippen MR) is 94.5 cm³/mol. The van der Waals surface area contributed by atoms with E-state index in [0.29, 0.717) is 6.54 Å². The molecule has 0 radical (unpaired) electrons. The Morgan fingerprint density at radius 1 is 1.25 bits per heavy atom. The standard InChI is InChI=1S/C15H21NOS.C2H6/c1-4-15(18-3)10-7-13-5-8-14(9-6-13)16(2)11-12-17;1-2/h4-10,17H,11-12H2,1-3H3;1-2H3/b10-7+,15-4-;. The van der Waals surface area contributed by atoms with E-state index < -0.39 is 0 Å². The van der Waals surface area contributed by atoms with Gasteiger partial charge in [-0.1, -0.05) is 38.1 Å². The molecule has 0 aliphatic carbocycles. The van der Waals surface area contributed by atoms with Gasteiger partial charge in [0.2, 0.25) is 0 Å². The smallest absolute Gasteiger partial charge is 0.0606 e. The van der Waals surface area contributed by atoms with Crippen LogP contribution in [0.1, 0.15) is 26.3 Å². The molecule has 0 heterocycles. The SMILES string of the molecule is C/C=C(/C=C/c1ccc(N(C)CCO)cc1)SC.CC. The van der Waals surface area contributed by atoms with Gasteiger partial charge in [0.05, 0.1) is 6.61 Å². The van der Waals surface area contributed by atoms with Gasteiger partial charge in [-0.05, 0) is 37.0 Å². The van der Waals surface area contributed by atoms with Crippen molar-refractivity contribution in [1.82, 2.24) is 0 Å². The maximum atomic E-state index is 8.89. The van der Waals surface area contributed by atoms with Crippen molar-refractivity contribution >= 4 is 23.5 Å². The van der Waals surface area contributed by atoms with Crippen LogP contribution in [0.25, 0.3) is 6.08 Å². The fraction of sp³-hybridized carbons (Fsp3) is 0.412. The third kappa shape index (κ3) is 6.83. The molecule has 0 bridgehead atoms. The molecule has 0 fully saturated rings. The molecule has 3 heteroatoms. The van der Waals surface area contributed by atoms with Crippen molar-refractivity contribution in [3.05, 3.63) is 46.9 Å². The molecular weight excluding hydrogens is 266 g/mol. The largest absolute Gasteiger partial charge is 0.395 e. The van der Waals surface area contributed by atoms with Crippen molar-refractivity contribution < 1.29 is 5.11 Å². The van der Waals surface area contributed by atoms with Crippen molar-refractivity contribution in [2.45, 2.75) is 20.8 Å². The molecule has 1 aromatic carbocycles. The first kappa shape index (κ1) is 18.8. The second-order valence-electron chi connectivity index (χ2n) is 3.97. The summed E-state index contributed by atoms with van der Waals surface area (Å²) in [5.41, 5.74) is 2.31. The first-order valence-electron chi connectivity index (χ1n) is 7.01. The quantitative estimate of drug-likeness (QED) is 0.785. The van der Waals surface area contributed by atoms with Crippen molar-refractivity contribution in [3.63, 3.8) is 0 Å². The highest BCUT2D eigenvalue weighted by Gasteiger charge is 1.98. The zero-order valence-electron chi connectivity index (χ0n) is 13.3. The molecule has 1 rings (SSSR count). The highest BCUT2D eigenvalue weighted by Crippen LogP contribution is 2.17. The molecule has 0 unspecified atom stereocenters. The van der Waals surface area contributed by atoms with Crippen LogP contribution < -0.4 is 4.90 Å². The zero-order chi connectivity index (χ0) is 15.4. The number of aliphatic hydroxyl groups excluding tert-OH is 1. The minimum Gasteiger partial charge on any atom is -0.395 e. The van der Waals surface area contributed by atoms with E-state index in [0.717, 1.165) is 5.69 Å². The van der Waals surface area contributed by atoms with Crippen LogP contribution >= 0.6 is 11.8 Å². The molecule has 1 aromatic rings. The maximum Gasteiger partial charge on any atom is 0.0606 e. The van der Waals surface area contributed by atoms with Gasteiger partial charge in [0.25, 0.3) is 0 Å². The van der Waals surface area contributed by atoms with Crippen LogP contribution in [0.2, 0.25) is 0 Å². The molecule has 0 aliphatic heterocycles. The Balaban J connectivity index is 0.00000172. The van der Waals surface area contributed by atoms with Crippen LogP contribution in [0.4, 0.5) is 5.69 Å². The van der Waals surface area contributed by atoms with E-state index in [4.69, 9.17) is 5.11 Å². The Bertz CT molecular complexity index is 410. The topological polar surface area (TPSA) is 23.5 Å². The molecule has 0 amide bonds. The third-order valence-corrected chi connectivity index (χ3v) is 3.57. The van der Waals surface area contributed by atoms with Crippen LogP contribution in [0, 0.1) is 0 Å². The average molecular weight is 293 g/mol. The lowest BCUT2D eigenvalue weighted by Gasteiger charge is -2.17. The third-order valence-electron chi connectivity index (χ3n) is 2.73. The average Bonchev–Trinajstić information content (AvgIpc) is 2.51. The normalized spacial score (nSPS) is 11.2. The molecule has 2 nitrogen and oxygen atoms in total. The number of aliphatic hydroxyl groups is 1. The Morgan fingerprint density at radius 2 is 1.85 bits per heavy atom. The molecule has 0 spiro atoms. The highest BCUT2D eigenvalue weighted by molar-refractivity contribution is 8.02. The second-order valence-corrected chi connectivity index (χ2v) is 4.84. The summed E-state index contributed by atoms with van der Waals surface area (Å²) < 4.78 is 0. The minimum absolute atomic E-state index is 0.177. The maximum absolute atomic E-state index is 8.89. The fourth-order valence-electron chi connectivity index (χ4n) is 1.58. The monoisotopic (exact) mass is 293 g/mol. The number of benzene rings is 1. The first-order valence-corrected chi connectivity index (χ1v) is 8.24. The van der Waals surface area contributed by atoms with E-state index in [9.17, 15) is 0 Å². The lowest BCUT2D eigenvalue weighted by molar-refractivity contribution is 0.304. The van der Waals surface area contributed by atoms with Gasteiger partial charge in [0.15, 0.2) is 0 Å². The molecule has 1 N–H and O–H groups in total. The molecule has 20 heavy (non-hydrogen) atoms. The number of likely N-dealkylation sites (N-methyl/N-ethyl adjacent to an activating group) is 1. The van der Waals surface area contributed by atoms with Gasteiger partial charge in [-0.3, -0.25) is 0 Å². The zero-order valence-corrected chi connectivity index (χ0v) is 14.1. The van der Waals surface area contributed by atoms with E-state index in [-0.39, 0.29) is 6.61 Å². The van der Waals surface area contributed by atoms with Crippen LogP contribution in [0.5, 0.6) is 0 Å². The van der Waals surface area contributed by atoms with Crippen molar-refractivity contribution in [2.24, 2.45) is 0 Å². The molecule has 0 saturated carbocycles.